The molecular formula is C35H32IrN2SSi-2. The number of nitrogens with zero attached hydrogens (tertiary/aromatic N) is 2. The summed E-state index contributed by atoms with van der Waals surface area (Å²) in [5, 5.41) is 4.25. The number of fused-ring (bicyclic) bond motifs is 3. The van der Waals surface area contributed by atoms with Gasteiger partial charge in [0.2, 0.25) is 0 Å². The minimum Gasteiger partial charge on any atom is -0.305 e. The SMILES string of the molecule is C[Si](C)(C)c1ccc2sc3c(-c4cc(C5CC5)ccn4)[c-]ccc3c2c1.[2H]C([2H])([2H])c1ccc(-c2[c-]cccc2)nc1.[Ir]. The van der Waals surface area contributed by atoms with Crippen molar-refractivity contribution in [2.75, 3.05) is 0 Å². The first-order chi connectivity index (χ1) is 20.1. The Kier molecular flexibility index (Phi) is 7.37. The molecule has 0 amide bonds. The van der Waals surface area contributed by atoms with E-state index in [1.54, 1.807) is 18.2 Å². The van der Waals surface area contributed by atoms with Gasteiger partial charge in [-0.2, -0.15) is 11.3 Å². The first kappa shape index (κ1) is 24.8. The van der Waals surface area contributed by atoms with Crippen molar-refractivity contribution < 1.29 is 24.2 Å². The van der Waals surface area contributed by atoms with Crippen LogP contribution in [0.5, 0.6) is 0 Å². The summed E-state index contributed by atoms with van der Waals surface area (Å²) in [6, 6.07) is 33.1. The monoisotopic (exact) mass is 736 g/mol. The number of thiophene rings is 1. The van der Waals surface area contributed by atoms with Gasteiger partial charge in [0.25, 0.3) is 0 Å². The van der Waals surface area contributed by atoms with Gasteiger partial charge in [-0.05, 0) is 64.8 Å². The van der Waals surface area contributed by atoms with Gasteiger partial charge in [-0.25, -0.2) is 0 Å². The molecule has 1 aliphatic rings. The number of aromatic nitrogens is 2. The van der Waals surface area contributed by atoms with E-state index >= 15 is 0 Å². The Hall–Kier alpha value is -2.95. The van der Waals surface area contributed by atoms with Crippen molar-refractivity contribution in [2.45, 2.75) is 45.3 Å². The van der Waals surface area contributed by atoms with Gasteiger partial charge in [-0.3, -0.25) is 0 Å². The molecule has 2 nitrogen and oxygen atoms in total. The van der Waals surface area contributed by atoms with Crippen LogP contribution in [0, 0.1) is 19.0 Å². The van der Waals surface area contributed by atoms with Crippen LogP contribution in [0.15, 0.2) is 91.3 Å². The zero-order valence-electron chi connectivity index (χ0n) is 25.8. The summed E-state index contributed by atoms with van der Waals surface area (Å²) in [6.45, 7) is 5.14. The molecule has 3 heterocycles. The van der Waals surface area contributed by atoms with Gasteiger partial charge in [-0.1, -0.05) is 66.1 Å². The fraction of sp³-hybridized carbons (Fsp3) is 0.200. The molecule has 0 spiro atoms. The number of hydrogen-bond acceptors (Lipinski definition) is 3. The van der Waals surface area contributed by atoms with Crippen LogP contribution in [-0.4, -0.2) is 18.0 Å². The molecule has 1 fully saturated rings. The molecule has 0 N–H and O–H groups in total. The summed E-state index contributed by atoms with van der Waals surface area (Å²) < 4.78 is 24.4. The molecule has 203 valence electrons. The zero-order chi connectivity index (χ0) is 29.5. The second kappa shape index (κ2) is 11.9. The molecule has 5 heteroatoms. The van der Waals surface area contributed by atoms with Crippen LogP contribution < -0.4 is 5.19 Å². The van der Waals surface area contributed by atoms with Crippen molar-refractivity contribution in [2.24, 2.45) is 0 Å². The maximum absolute atomic E-state index is 7.23. The Bertz CT molecular complexity index is 1860. The second-order valence-corrected chi connectivity index (χ2v) is 17.2. The molecular weight excluding hydrogens is 701 g/mol. The van der Waals surface area contributed by atoms with E-state index < -0.39 is 14.9 Å². The Morgan fingerprint density at radius 3 is 2.45 bits per heavy atom. The molecule has 0 saturated heterocycles. The molecule has 1 aliphatic carbocycles. The third-order valence-electron chi connectivity index (χ3n) is 7.13. The van der Waals surface area contributed by atoms with Gasteiger partial charge >= 0.3 is 0 Å². The molecule has 7 rings (SSSR count). The Balaban J connectivity index is 0.000000188. The molecule has 0 atom stereocenters. The Morgan fingerprint density at radius 1 is 0.875 bits per heavy atom. The van der Waals surface area contributed by atoms with Gasteiger partial charge in [0.05, 0.1) is 8.07 Å². The third kappa shape index (κ3) is 6.18. The first-order valence-corrected chi connectivity index (χ1v) is 17.7. The molecule has 0 bridgehead atoms. The van der Waals surface area contributed by atoms with Crippen molar-refractivity contribution in [3.63, 3.8) is 0 Å². The minimum absolute atomic E-state index is 0. The van der Waals surface area contributed by atoms with Crippen LogP contribution in [0.2, 0.25) is 19.6 Å². The van der Waals surface area contributed by atoms with Crippen molar-refractivity contribution in [3.05, 3.63) is 115 Å². The van der Waals surface area contributed by atoms with Gasteiger partial charge in [-0.15, -0.1) is 59.7 Å². The van der Waals surface area contributed by atoms with Gasteiger partial charge in [0.1, 0.15) is 0 Å². The number of aryl methyl sites for hydroxylation is 1. The van der Waals surface area contributed by atoms with E-state index in [4.69, 9.17) is 4.11 Å². The minimum atomic E-state index is -2.09. The van der Waals surface area contributed by atoms with Crippen molar-refractivity contribution >= 4 is 44.8 Å². The third-order valence-corrected chi connectivity index (χ3v) is 10.4. The summed E-state index contributed by atoms with van der Waals surface area (Å²) >= 11 is 1.88. The van der Waals surface area contributed by atoms with Crippen LogP contribution in [0.25, 0.3) is 42.7 Å². The average Bonchev–Trinajstić information content (AvgIpc) is 3.77. The van der Waals surface area contributed by atoms with Crippen LogP contribution in [0.4, 0.5) is 0 Å². The van der Waals surface area contributed by atoms with Crippen molar-refractivity contribution in [1.82, 2.24) is 9.97 Å². The normalized spacial score (nSPS) is 14.4. The zero-order valence-corrected chi connectivity index (χ0v) is 27.0. The van der Waals surface area contributed by atoms with Crippen LogP contribution in [0.3, 0.4) is 0 Å². The molecule has 6 aromatic rings. The summed E-state index contributed by atoms with van der Waals surface area (Å²) in [7, 11) is -1.32. The van der Waals surface area contributed by atoms with Gasteiger partial charge < -0.3 is 9.97 Å². The molecule has 1 saturated carbocycles. The smallest absolute Gasteiger partial charge is 0.0776 e. The quantitative estimate of drug-likeness (QED) is 0.133. The molecule has 3 aromatic carbocycles. The Labute approximate surface area is 260 Å². The number of pyridine rings is 2. The fourth-order valence-corrected chi connectivity index (χ4v) is 7.11. The molecule has 0 aliphatic heterocycles. The fourth-order valence-electron chi connectivity index (χ4n) is 4.76. The summed E-state index contributed by atoms with van der Waals surface area (Å²) in [5.74, 6) is 0.748. The number of benzene rings is 3. The van der Waals surface area contributed by atoms with Gasteiger partial charge in [0.15, 0.2) is 0 Å². The molecule has 40 heavy (non-hydrogen) atoms. The number of rotatable bonds is 4. The predicted octanol–water partition coefficient (Wildman–Crippen LogP) is 9.19. The standard InChI is InChI=1S/C23H22NSSi.C12H10N.Ir/c1-26(2,3)17-9-10-22-20(14-17)18-5-4-6-19(23(18)25-22)21-13-16(11-12-24-21)15-7-8-15;1-10-7-8-12(13-9-10)11-5-3-2-4-6-11;/h4-5,9-15H,7-8H2,1-3H3;2-5,7-9H,1H3;/q2*-1;/i;1D3;. The Morgan fingerprint density at radius 2 is 1.75 bits per heavy atom. The maximum atomic E-state index is 7.23. The van der Waals surface area contributed by atoms with E-state index in [9.17, 15) is 0 Å². The van der Waals surface area contributed by atoms with E-state index in [1.807, 2.05) is 35.7 Å². The van der Waals surface area contributed by atoms with Gasteiger partial charge in [0, 0.05) is 41.3 Å². The van der Waals surface area contributed by atoms with E-state index in [0.717, 1.165) is 28.4 Å². The summed E-state index contributed by atoms with van der Waals surface area (Å²) in [4.78, 5) is 8.80. The summed E-state index contributed by atoms with van der Waals surface area (Å²) in [5.41, 5.74) is 5.50. The largest absolute Gasteiger partial charge is 0.305 e. The van der Waals surface area contributed by atoms with Crippen LogP contribution in [0.1, 0.15) is 34.0 Å². The van der Waals surface area contributed by atoms with E-state index in [-0.39, 0.29) is 25.7 Å². The van der Waals surface area contributed by atoms with E-state index in [1.165, 1.54) is 50.0 Å². The predicted molar refractivity (Wildman–Crippen MR) is 170 cm³/mol. The van der Waals surface area contributed by atoms with Crippen LogP contribution in [-0.2, 0) is 20.1 Å². The van der Waals surface area contributed by atoms with Crippen molar-refractivity contribution in [1.29, 1.82) is 0 Å². The molecule has 3 aromatic heterocycles. The maximum Gasteiger partial charge on any atom is 0.0776 e. The molecule has 1 radical (unpaired) electrons. The first-order valence-electron chi connectivity index (χ1n) is 14.9. The topological polar surface area (TPSA) is 25.8 Å². The van der Waals surface area contributed by atoms with Crippen molar-refractivity contribution in [3.8, 4) is 22.5 Å². The number of hydrogen-bond donors (Lipinski definition) is 0. The average molecular weight is 736 g/mol. The van der Waals surface area contributed by atoms with E-state index in [0.29, 0.717) is 0 Å². The second-order valence-electron chi connectivity index (χ2n) is 11.1. The summed E-state index contributed by atoms with van der Waals surface area (Å²) in [6.07, 6.45) is 5.99. The van der Waals surface area contributed by atoms with E-state index in [2.05, 4.69) is 84.2 Å². The molecule has 0 unspecified atom stereocenters. The van der Waals surface area contributed by atoms with Crippen LogP contribution >= 0.6 is 11.3 Å².